The Bertz CT molecular complexity index is 1170. The smallest absolute Gasteiger partial charge is 0.337 e. The molecular formula is C21H20N6O2S. The van der Waals surface area contributed by atoms with Crippen molar-refractivity contribution in [3.05, 3.63) is 72.2 Å². The van der Waals surface area contributed by atoms with Crippen LogP contribution in [0.15, 0.2) is 66.2 Å². The van der Waals surface area contributed by atoms with Gasteiger partial charge in [-0.1, -0.05) is 41.2 Å². The van der Waals surface area contributed by atoms with Gasteiger partial charge in [0.15, 0.2) is 5.16 Å². The summed E-state index contributed by atoms with van der Waals surface area (Å²) < 4.78 is 8.38. The number of aryl methyl sites for hydroxylation is 1. The molecular weight excluding hydrogens is 400 g/mol. The minimum atomic E-state index is -0.365. The van der Waals surface area contributed by atoms with Gasteiger partial charge in [-0.15, -0.1) is 15.3 Å². The van der Waals surface area contributed by atoms with Crippen LogP contribution in [0.3, 0.4) is 0 Å². The van der Waals surface area contributed by atoms with E-state index in [1.54, 1.807) is 34.9 Å². The van der Waals surface area contributed by atoms with Crippen molar-refractivity contribution in [2.24, 2.45) is 7.05 Å². The third-order valence-corrected chi connectivity index (χ3v) is 5.86. The van der Waals surface area contributed by atoms with Crippen molar-refractivity contribution in [2.75, 3.05) is 7.11 Å². The number of carbonyl (C=O) groups is 1. The summed E-state index contributed by atoms with van der Waals surface area (Å²) in [5, 5.41) is 17.7. The standard InChI is InChI=1S/C21H20N6O2S/c1-14(30-21-24-22-13-26(21)2)17-5-4-6-18(11-17)27-12-19(23-25-27)15-7-9-16(10-8-15)20(28)29-3/h4-14H,1-3H3/t14-/m0/s1. The molecule has 4 aromatic rings. The molecule has 0 N–H and O–H groups in total. The molecule has 4 rings (SSSR count). The predicted octanol–water partition coefficient (Wildman–Crippen LogP) is 3.70. The molecule has 0 aliphatic rings. The Morgan fingerprint density at radius 3 is 2.63 bits per heavy atom. The number of carbonyl (C=O) groups excluding carboxylic acids is 1. The van der Waals surface area contributed by atoms with Crippen molar-refractivity contribution in [1.29, 1.82) is 0 Å². The Morgan fingerprint density at radius 1 is 1.13 bits per heavy atom. The molecule has 0 aliphatic heterocycles. The number of thioether (sulfide) groups is 1. The number of ether oxygens (including phenoxy) is 1. The van der Waals surface area contributed by atoms with Crippen molar-refractivity contribution in [3.8, 4) is 16.9 Å². The number of esters is 1. The first kappa shape index (κ1) is 19.8. The summed E-state index contributed by atoms with van der Waals surface area (Å²) >= 11 is 1.65. The molecule has 1 atom stereocenters. The van der Waals surface area contributed by atoms with Gasteiger partial charge in [-0.3, -0.25) is 0 Å². The van der Waals surface area contributed by atoms with Crippen molar-refractivity contribution in [2.45, 2.75) is 17.3 Å². The fourth-order valence-electron chi connectivity index (χ4n) is 2.94. The third-order valence-electron chi connectivity index (χ3n) is 4.65. The predicted molar refractivity (Wildman–Crippen MR) is 113 cm³/mol. The van der Waals surface area contributed by atoms with Crippen molar-refractivity contribution < 1.29 is 9.53 Å². The van der Waals surface area contributed by atoms with E-state index in [4.69, 9.17) is 4.74 Å². The Labute approximate surface area is 177 Å². The van der Waals surface area contributed by atoms with Crippen LogP contribution in [0.1, 0.15) is 28.1 Å². The lowest BCUT2D eigenvalue weighted by molar-refractivity contribution is 0.0601. The average Bonchev–Trinajstić information content (AvgIpc) is 3.43. The number of nitrogens with zero attached hydrogens (tertiary/aromatic N) is 6. The number of hydrogen-bond acceptors (Lipinski definition) is 7. The fourth-order valence-corrected chi connectivity index (χ4v) is 3.85. The van der Waals surface area contributed by atoms with E-state index in [-0.39, 0.29) is 11.2 Å². The van der Waals surface area contributed by atoms with Gasteiger partial charge >= 0.3 is 5.97 Å². The van der Waals surface area contributed by atoms with E-state index in [1.165, 1.54) is 7.11 Å². The first-order chi connectivity index (χ1) is 14.5. The molecule has 0 unspecified atom stereocenters. The van der Waals surface area contributed by atoms with Gasteiger partial charge in [0.05, 0.1) is 24.6 Å². The van der Waals surface area contributed by atoms with Crippen LogP contribution < -0.4 is 0 Å². The highest BCUT2D eigenvalue weighted by molar-refractivity contribution is 7.99. The Hall–Kier alpha value is -3.46. The van der Waals surface area contributed by atoms with Crippen molar-refractivity contribution >= 4 is 17.7 Å². The van der Waals surface area contributed by atoms with Gasteiger partial charge in [0.25, 0.3) is 0 Å². The van der Waals surface area contributed by atoms with Gasteiger partial charge in [0.1, 0.15) is 12.0 Å². The summed E-state index contributed by atoms with van der Waals surface area (Å²) in [6.45, 7) is 2.13. The summed E-state index contributed by atoms with van der Waals surface area (Å²) in [7, 11) is 3.29. The summed E-state index contributed by atoms with van der Waals surface area (Å²) in [6.07, 6.45) is 3.56. The number of aromatic nitrogens is 6. The van der Waals surface area contributed by atoms with Gasteiger partial charge < -0.3 is 9.30 Å². The molecule has 152 valence electrons. The maximum atomic E-state index is 11.6. The molecule has 30 heavy (non-hydrogen) atoms. The Morgan fingerprint density at radius 2 is 1.93 bits per heavy atom. The van der Waals surface area contributed by atoms with Gasteiger partial charge in [-0.05, 0) is 36.8 Å². The maximum absolute atomic E-state index is 11.6. The topological polar surface area (TPSA) is 87.7 Å². The zero-order valence-corrected chi connectivity index (χ0v) is 17.6. The molecule has 0 bridgehead atoms. The van der Waals surface area contributed by atoms with Crippen LogP contribution in [0.25, 0.3) is 16.9 Å². The summed E-state index contributed by atoms with van der Waals surface area (Å²) in [5.74, 6) is -0.365. The summed E-state index contributed by atoms with van der Waals surface area (Å²) in [6, 6.07) is 15.3. The van der Waals surface area contributed by atoms with Gasteiger partial charge in [-0.25, -0.2) is 9.48 Å². The molecule has 0 amide bonds. The second-order valence-electron chi connectivity index (χ2n) is 6.70. The van der Waals surface area contributed by atoms with E-state index < -0.39 is 0 Å². The highest BCUT2D eigenvalue weighted by Gasteiger charge is 2.13. The van der Waals surface area contributed by atoms with Crippen LogP contribution in [0.2, 0.25) is 0 Å². The molecule has 0 saturated carbocycles. The first-order valence-corrected chi connectivity index (χ1v) is 10.1. The fraction of sp³-hybridized carbons (Fsp3) is 0.190. The lowest BCUT2D eigenvalue weighted by atomic mass is 10.1. The molecule has 0 fully saturated rings. The first-order valence-electron chi connectivity index (χ1n) is 9.27. The van der Waals surface area contributed by atoms with Crippen molar-refractivity contribution in [3.63, 3.8) is 0 Å². The van der Waals surface area contributed by atoms with Crippen LogP contribution in [0.4, 0.5) is 0 Å². The lowest BCUT2D eigenvalue weighted by Crippen LogP contribution is -2.00. The molecule has 8 nitrogen and oxygen atoms in total. The minimum absolute atomic E-state index is 0.196. The van der Waals surface area contributed by atoms with Gasteiger partial charge in [-0.2, -0.15) is 0 Å². The van der Waals surface area contributed by atoms with Crippen LogP contribution in [0, 0.1) is 0 Å². The van der Waals surface area contributed by atoms with Gasteiger partial charge in [0, 0.05) is 17.9 Å². The molecule has 0 saturated heterocycles. The van der Waals surface area contributed by atoms with E-state index in [0.717, 1.165) is 27.7 Å². The van der Waals surface area contributed by atoms with Gasteiger partial charge in [0.2, 0.25) is 0 Å². The number of benzene rings is 2. The lowest BCUT2D eigenvalue weighted by Gasteiger charge is -2.12. The molecule has 0 radical (unpaired) electrons. The molecule has 9 heteroatoms. The third kappa shape index (κ3) is 4.11. The minimum Gasteiger partial charge on any atom is -0.465 e. The zero-order chi connectivity index (χ0) is 21.1. The second-order valence-corrected chi connectivity index (χ2v) is 8.00. The zero-order valence-electron chi connectivity index (χ0n) is 16.8. The van der Waals surface area contributed by atoms with E-state index in [1.807, 2.05) is 42.1 Å². The van der Waals surface area contributed by atoms with Crippen LogP contribution in [0.5, 0.6) is 0 Å². The largest absolute Gasteiger partial charge is 0.465 e. The Kier molecular flexibility index (Phi) is 5.62. The number of rotatable bonds is 6. The van der Waals surface area contributed by atoms with E-state index in [9.17, 15) is 4.79 Å². The Balaban J connectivity index is 1.54. The molecule has 2 aromatic heterocycles. The van der Waals surface area contributed by atoms with Crippen molar-refractivity contribution in [1.82, 2.24) is 29.8 Å². The molecule has 0 spiro atoms. The monoisotopic (exact) mass is 420 g/mol. The molecule has 0 aliphatic carbocycles. The molecule has 2 aromatic carbocycles. The summed E-state index contributed by atoms with van der Waals surface area (Å²) in [5.41, 5.74) is 4.16. The van der Waals surface area contributed by atoms with Crippen LogP contribution >= 0.6 is 11.8 Å². The highest BCUT2D eigenvalue weighted by atomic mass is 32.2. The molecule has 2 heterocycles. The average molecular weight is 420 g/mol. The number of methoxy groups -OCH3 is 1. The SMILES string of the molecule is COC(=O)c1ccc(-c2cn(-c3cccc([C@H](C)Sc4nncn4C)c3)nn2)cc1. The summed E-state index contributed by atoms with van der Waals surface area (Å²) in [4.78, 5) is 11.6. The van der Waals surface area contributed by atoms with E-state index in [2.05, 4.69) is 39.6 Å². The van der Waals surface area contributed by atoms with Crippen LogP contribution in [-0.2, 0) is 11.8 Å². The van der Waals surface area contributed by atoms with E-state index >= 15 is 0 Å². The quantitative estimate of drug-likeness (QED) is 0.347. The maximum Gasteiger partial charge on any atom is 0.337 e. The normalized spacial score (nSPS) is 12.0. The van der Waals surface area contributed by atoms with Crippen LogP contribution in [-0.4, -0.2) is 42.8 Å². The van der Waals surface area contributed by atoms with E-state index in [0.29, 0.717) is 5.56 Å². The number of hydrogen-bond donors (Lipinski definition) is 0. The highest BCUT2D eigenvalue weighted by Crippen LogP contribution is 2.33. The second kappa shape index (κ2) is 8.50.